The van der Waals surface area contributed by atoms with E-state index in [1.54, 1.807) is 13.1 Å². The summed E-state index contributed by atoms with van der Waals surface area (Å²) in [5.74, 6) is 0.227. The quantitative estimate of drug-likeness (QED) is 0.168. The van der Waals surface area contributed by atoms with E-state index in [4.69, 9.17) is 9.15 Å². The Morgan fingerprint density at radius 1 is 1.26 bits per heavy atom. The van der Waals surface area contributed by atoms with Crippen molar-refractivity contribution in [3.63, 3.8) is 0 Å². The molecule has 0 saturated heterocycles. The first kappa shape index (κ1) is 20.8. The van der Waals surface area contributed by atoms with E-state index in [0.717, 1.165) is 59.2 Å². The molecular formula is C24H24N2O5. The number of aryl methyl sites for hydroxylation is 4. The van der Waals surface area contributed by atoms with Crippen LogP contribution in [0.15, 0.2) is 33.7 Å². The molecule has 7 heteroatoms. The van der Waals surface area contributed by atoms with Crippen molar-refractivity contribution < 1.29 is 18.9 Å². The van der Waals surface area contributed by atoms with Gasteiger partial charge in [-0.05, 0) is 50.3 Å². The molecule has 0 saturated carbocycles. The van der Waals surface area contributed by atoms with Crippen LogP contribution in [0.4, 0.5) is 11.4 Å². The van der Waals surface area contributed by atoms with Crippen molar-refractivity contribution in [2.75, 3.05) is 0 Å². The van der Waals surface area contributed by atoms with Gasteiger partial charge in [0.1, 0.15) is 11.3 Å². The number of hydrogen-bond donors (Lipinski definition) is 0. The number of rotatable bonds is 5. The summed E-state index contributed by atoms with van der Waals surface area (Å²) >= 11 is 0. The summed E-state index contributed by atoms with van der Waals surface area (Å²) in [5, 5.41) is 12.6. The van der Waals surface area contributed by atoms with Crippen LogP contribution in [0, 0.1) is 24.0 Å². The third-order valence-corrected chi connectivity index (χ3v) is 5.61. The van der Waals surface area contributed by atoms with Crippen LogP contribution in [0.25, 0.3) is 11.0 Å². The molecule has 4 rings (SSSR count). The number of esters is 1. The van der Waals surface area contributed by atoms with E-state index in [9.17, 15) is 14.9 Å². The van der Waals surface area contributed by atoms with Crippen LogP contribution >= 0.6 is 0 Å². The molecule has 0 N–H and O–H groups in total. The predicted molar refractivity (Wildman–Crippen MR) is 119 cm³/mol. The molecule has 31 heavy (non-hydrogen) atoms. The lowest BCUT2D eigenvalue weighted by atomic mass is 9.93. The maximum atomic E-state index is 12.1. The normalized spacial score (nSPS) is 13.5. The Hall–Kier alpha value is -3.48. The van der Waals surface area contributed by atoms with Crippen LogP contribution in [0.1, 0.15) is 54.2 Å². The number of carbonyl (C=O) groups is 1. The van der Waals surface area contributed by atoms with Gasteiger partial charge in [0, 0.05) is 30.0 Å². The van der Waals surface area contributed by atoms with Crippen molar-refractivity contribution in [3.8, 4) is 5.75 Å². The first-order chi connectivity index (χ1) is 14.9. The van der Waals surface area contributed by atoms with Gasteiger partial charge in [0.25, 0.3) is 0 Å². The smallest absolute Gasteiger partial charge is 0.316 e. The molecule has 0 aliphatic heterocycles. The van der Waals surface area contributed by atoms with Crippen molar-refractivity contribution in [2.24, 2.45) is 4.99 Å². The molecule has 7 nitrogen and oxygen atoms in total. The van der Waals surface area contributed by atoms with Gasteiger partial charge in [0.15, 0.2) is 0 Å². The van der Waals surface area contributed by atoms with Crippen LogP contribution in [0.2, 0.25) is 0 Å². The van der Waals surface area contributed by atoms with Gasteiger partial charge in [0.2, 0.25) is 5.75 Å². The monoisotopic (exact) mass is 420 g/mol. The van der Waals surface area contributed by atoms with Crippen molar-refractivity contribution in [3.05, 3.63) is 62.4 Å². The molecule has 2 aromatic carbocycles. The van der Waals surface area contributed by atoms with Crippen LogP contribution in [-0.2, 0) is 17.6 Å². The molecular weight excluding hydrogens is 396 g/mol. The van der Waals surface area contributed by atoms with E-state index in [1.807, 2.05) is 32.0 Å². The molecule has 1 aliphatic rings. The van der Waals surface area contributed by atoms with Gasteiger partial charge in [0.05, 0.1) is 22.2 Å². The number of benzene rings is 2. The number of nitro benzene ring substituents is 1. The molecule has 0 fully saturated rings. The summed E-state index contributed by atoms with van der Waals surface area (Å²) in [5.41, 5.74) is 4.35. The Morgan fingerprint density at radius 2 is 2.03 bits per heavy atom. The van der Waals surface area contributed by atoms with E-state index >= 15 is 0 Å². The number of ether oxygens (including phenoxy) is 1. The Balaban J connectivity index is 2.00. The molecule has 1 aliphatic carbocycles. The molecule has 0 spiro atoms. The summed E-state index contributed by atoms with van der Waals surface area (Å²) in [6.45, 7) is 5.58. The molecule has 0 amide bonds. The third kappa shape index (κ3) is 3.95. The minimum absolute atomic E-state index is 0.0763. The highest BCUT2D eigenvalue weighted by molar-refractivity contribution is 6.06. The van der Waals surface area contributed by atoms with Crippen LogP contribution < -0.4 is 4.74 Å². The lowest BCUT2D eigenvalue weighted by molar-refractivity contribution is -0.385. The third-order valence-electron chi connectivity index (χ3n) is 5.61. The van der Waals surface area contributed by atoms with E-state index in [2.05, 4.69) is 4.99 Å². The Morgan fingerprint density at radius 3 is 2.77 bits per heavy atom. The predicted octanol–water partition coefficient (Wildman–Crippen LogP) is 5.90. The molecule has 0 bridgehead atoms. The van der Waals surface area contributed by atoms with Gasteiger partial charge in [-0.25, -0.2) is 0 Å². The van der Waals surface area contributed by atoms with Crippen LogP contribution in [-0.4, -0.2) is 17.1 Å². The van der Waals surface area contributed by atoms with E-state index in [-0.39, 0.29) is 17.9 Å². The fourth-order valence-corrected chi connectivity index (χ4v) is 3.97. The number of furan rings is 1. The molecule has 3 aromatic rings. The zero-order valence-corrected chi connectivity index (χ0v) is 17.9. The molecule has 0 radical (unpaired) electrons. The summed E-state index contributed by atoms with van der Waals surface area (Å²) in [4.78, 5) is 28.0. The van der Waals surface area contributed by atoms with Crippen molar-refractivity contribution in [1.82, 2.24) is 0 Å². The second-order valence-electron chi connectivity index (χ2n) is 7.86. The standard InChI is InChI=1S/C24H24N2O5/c1-4-22(27)31-24-17(13-25-18-11-14(2)9-10-15(18)3)23-16-7-5-6-8-20(16)30-21(23)12-19(24)26(28)29/h9-13H,4-8H2,1-3H3. The fourth-order valence-electron chi connectivity index (χ4n) is 3.97. The summed E-state index contributed by atoms with van der Waals surface area (Å²) < 4.78 is 11.5. The summed E-state index contributed by atoms with van der Waals surface area (Å²) in [6, 6.07) is 7.29. The molecule has 1 aromatic heterocycles. The minimum Gasteiger partial charge on any atom is -0.460 e. The largest absolute Gasteiger partial charge is 0.460 e. The maximum absolute atomic E-state index is 12.1. The average Bonchev–Trinajstić information content (AvgIpc) is 3.12. The summed E-state index contributed by atoms with van der Waals surface area (Å²) in [6.07, 6.45) is 5.29. The average molecular weight is 420 g/mol. The van der Waals surface area contributed by atoms with Crippen molar-refractivity contribution in [1.29, 1.82) is 0 Å². The highest BCUT2D eigenvalue weighted by Gasteiger charge is 2.29. The minimum atomic E-state index is -0.547. The Bertz CT molecular complexity index is 1220. The number of aliphatic imine (C=N–C) groups is 1. The molecule has 0 unspecified atom stereocenters. The van der Waals surface area contributed by atoms with Gasteiger partial charge < -0.3 is 9.15 Å². The second kappa shape index (κ2) is 8.34. The maximum Gasteiger partial charge on any atom is 0.316 e. The number of nitrogens with zero attached hydrogens (tertiary/aromatic N) is 2. The summed E-state index contributed by atoms with van der Waals surface area (Å²) in [7, 11) is 0. The Kier molecular flexibility index (Phi) is 5.59. The zero-order chi connectivity index (χ0) is 22.1. The highest BCUT2D eigenvalue weighted by Crippen LogP contribution is 2.42. The van der Waals surface area contributed by atoms with E-state index < -0.39 is 10.9 Å². The van der Waals surface area contributed by atoms with Crippen LogP contribution in [0.5, 0.6) is 5.75 Å². The van der Waals surface area contributed by atoms with E-state index in [0.29, 0.717) is 11.1 Å². The number of carbonyl (C=O) groups excluding carboxylic acids is 1. The van der Waals surface area contributed by atoms with Gasteiger partial charge >= 0.3 is 11.7 Å². The van der Waals surface area contributed by atoms with Crippen LogP contribution in [0.3, 0.4) is 0 Å². The van der Waals surface area contributed by atoms with Gasteiger partial charge in [-0.1, -0.05) is 19.1 Å². The Labute approximate surface area is 179 Å². The van der Waals surface area contributed by atoms with Gasteiger partial charge in [-0.15, -0.1) is 0 Å². The highest BCUT2D eigenvalue weighted by atomic mass is 16.6. The lowest BCUT2D eigenvalue weighted by Crippen LogP contribution is -2.10. The van der Waals surface area contributed by atoms with Gasteiger partial charge in [-0.2, -0.15) is 0 Å². The lowest BCUT2D eigenvalue weighted by Gasteiger charge is -2.12. The fraction of sp³-hybridized carbons (Fsp3) is 0.333. The first-order valence-corrected chi connectivity index (χ1v) is 10.5. The number of hydrogen-bond acceptors (Lipinski definition) is 6. The van der Waals surface area contributed by atoms with E-state index in [1.165, 1.54) is 6.07 Å². The van der Waals surface area contributed by atoms with Crippen molar-refractivity contribution in [2.45, 2.75) is 52.9 Å². The molecule has 1 heterocycles. The van der Waals surface area contributed by atoms with Gasteiger partial charge in [-0.3, -0.25) is 19.9 Å². The molecule has 160 valence electrons. The molecule has 0 atom stereocenters. The number of nitro groups is 1. The van der Waals surface area contributed by atoms with Crippen molar-refractivity contribution >= 4 is 34.5 Å². The topological polar surface area (TPSA) is 94.9 Å². The zero-order valence-electron chi connectivity index (χ0n) is 17.9. The first-order valence-electron chi connectivity index (χ1n) is 10.5. The second-order valence-corrected chi connectivity index (χ2v) is 7.86. The number of fused-ring (bicyclic) bond motifs is 3. The SMILES string of the molecule is CCC(=O)Oc1c([N+](=O)[O-])cc2oc3c(c2c1C=Nc1cc(C)ccc1C)CCCC3.